The first-order valence-corrected chi connectivity index (χ1v) is 7.30. The number of nitrogens with zero attached hydrogens (tertiary/aromatic N) is 1. The van der Waals surface area contributed by atoms with Crippen LogP contribution in [0.3, 0.4) is 0 Å². The lowest BCUT2D eigenvalue weighted by atomic mass is 10.0. The van der Waals surface area contributed by atoms with Gasteiger partial charge in [0.1, 0.15) is 0 Å². The van der Waals surface area contributed by atoms with E-state index in [1.807, 2.05) is 4.90 Å². The largest absolute Gasteiger partial charge is 0.373 e. The Kier molecular flexibility index (Phi) is 4.28. The minimum absolute atomic E-state index is 0.0185. The fourth-order valence-corrected chi connectivity index (χ4v) is 3.09. The Labute approximate surface area is 110 Å². The quantitative estimate of drug-likeness (QED) is 0.814. The number of hydrogen-bond donors (Lipinski definition) is 1. The van der Waals surface area contributed by atoms with E-state index in [2.05, 4.69) is 26.1 Å². The van der Waals surface area contributed by atoms with Crippen molar-refractivity contribution in [2.24, 2.45) is 0 Å². The predicted octanol–water partition coefficient (Wildman–Crippen LogP) is 1.89. The molecule has 1 N–H and O–H groups in total. The minimum Gasteiger partial charge on any atom is -0.373 e. The number of rotatable bonds is 5. The summed E-state index contributed by atoms with van der Waals surface area (Å²) in [6.07, 6.45) is 5.30. The van der Waals surface area contributed by atoms with E-state index in [9.17, 15) is 4.79 Å². The summed E-state index contributed by atoms with van der Waals surface area (Å²) in [4.78, 5) is 14.4. The van der Waals surface area contributed by atoms with Gasteiger partial charge in [0.2, 0.25) is 5.91 Å². The van der Waals surface area contributed by atoms with Crippen molar-refractivity contribution >= 4 is 5.91 Å². The van der Waals surface area contributed by atoms with Crippen molar-refractivity contribution < 1.29 is 9.53 Å². The maximum absolute atomic E-state index is 12.4. The molecule has 2 rings (SSSR count). The average Bonchev–Trinajstić information content (AvgIpc) is 2.89. The fourth-order valence-electron chi connectivity index (χ4n) is 3.09. The lowest BCUT2D eigenvalue weighted by Gasteiger charge is -2.32. The molecule has 0 spiro atoms. The van der Waals surface area contributed by atoms with Gasteiger partial charge in [-0.25, -0.2) is 0 Å². The molecule has 1 amide bonds. The number of hydrogen-bond acceptors (Lipinski definition) is 3. The van der Waals surface area contributed by atoms with Gasteiger partial charge in [0, 0.05) is 6.61 Å². The zero-order valence-electron chi connectivity index (χ0n) is 11.9. The first-order valence-electron chi connectivity index (χ1n) is 7.30. The maximum Gasteiger partial charge on any atom is 0.241 e. The number of amides is 1. The van der Waals surface area contributed by atoms with Gasteiger partial charge in [-0.3, -0.25) is 10.1 Å². The van der Waals surface area contributed by atoms with E-state index in [0.29, 0.717) is 0 Å². The second-order valence-corrected chi connectivity index (χ2v) is 5.80. The van der Waals surface area contributed by atoms with Gasteiger partial charge in [-0.05, 0) is 32.6 Å². The number of nitrogens with one attached hydrogen (secondary N) is 1. The van der Waals surface area contributed by atoms with Crippen molar-refractivity contribution in [3.05, 3.63) is 0 Å². The summed E-state index contributed by atoms with van der Waals surface area (Å²) in [6.45, 7) is 7.95. The van der Waals surface area contributed by atoms with Crippen molar-refractivity contribution in [1.82, 2.24) is 10.2 Å². The monoisotopic (exact) mass is 254 g/mol. The minimum atomic E-state index is -0.133. The van der Waals surface area contributed by atoms with Crippen LogP contribution in [0.25, 0.3) is 0 Å². The molecule has 2 fully saturated rings. The van der Waals surface area contributed by atoms with E-state index in [-0.39, 0.29) is 23.7 Å². The van der Waals surface area contributed by atoms with Crippen molar-refractivity contribution in [1.29, 1.82) is 0 Å². The highest BCUT2D eigenvalue weighted by Gasteiger charge is 2.42. The van der Waals surface area contributed by atoms with Crippen molar-refractivity contribution in [3.8, 4) is 0 Å². The molecule has 3 unspecified atom stereocenters. The van der Waals surface area contributed by atoms with Gasteiger partial charge < -0.3 is 9.64 Å². The van der Waals surface area contributed by atoms with Crippen molar-refractivity contribution in [3.63, 3.8) is 0 Å². The average molecular weight is 254 g/mol. The fraction of sp³-hybridized carbons (Fsp3) is 0.929. The molecule has 0 aliphatic carbocycles. The highest BCUT2D eigenvalue weighted by molar-refractivity contribution is 5.84. The number of carbonyl (C=O) groups is 1. The van der Waals surface area contributed by atoms with Gasteiger partial charge in [-0.2, -0.15) is 0 Å². The summed E-state index contributed by atoms with van der Waals surface area (Å²) >= 11 is 0. The molecule has 0 aromatic rings. The molecule has 4 heteroatoms. The van der Waals surface area contributed by atoms with E-state index >= 15 is 0 Å². The molecule has 18 heavy (non-hydrogen) atoms. The van der Waals surface area contributed by atoms with Gasteiger partial charge in [-0.15, -0.1) is 0 Å². The second-order valence-electron chi connectivity index (χ2n) is 5.80. The van der Waals surface area contributed by atoms with Crippen LogP contribution in [0.4, 0.5) is 0 Å². The van der Waals surface area contributed by atoms with Crippen molar-refractivity contribution in [2.45, 2.75) is 70.7 Å². The van der Waals surface area contributed by atoms with Crippen LogP contribution in [-0.2, 0) is 9.53 Å². The lowest BCUT2D eigenvalue weighted by molar-refractivity contribution is -0.133. The van der Waals surface area contributed by atoms with Crippen LogP contribution in [0.5, 0.6) is 0 Å². The summed E-state index contributed by atoms with van der Waals surface area (Å²) in [5.41, 5.74) is -0.133. The summed E-state index contributed by atoms with van der Waals surface area (Å²) in [6, 6.07) is 0.0185. The normalized spacial score (nSPS) is 36.6. The standard InChI is InChI=1S/C14H26N2O2/c1-4-7-11-13(17)16(12(5-2)15-11)10-14(3)8-6-9-18-14/h11-12,15H,4-10H2,1-3H3. The van der Waals surface area contributed by atoms with Crippen LogP contribution in [0, 0.1) is 0 Å². The molecule has 2 aliphatic heterocycles. The number of carbonyl (C=O) groups excluding carboxylic acids is 1. The first-order chi connectivity index (χ1) is 8.59. The highest BCUT2D eigenvalue weighted by atomic mass is 16.5. The van der Waals surface area contributed by atoms with Crippen LogP contribution in [0.2, 0.25) is 0 Å². The molecule has 2 saturated heterocycles. The van der Waals surface area contributed by atoms with Gasteiger partial charge in [0.25, 0.3) is 0 Å². The van der Waals surface area contributed by atoms with Crippen LogP contribution in [0.1, 0.15) is 52.9 Å². The van der Waals surface area contributed by atoms with Crippen molar-refractivity contribution in [2.75, 3.05) is 13.2 Å². The highest BCUT2D eigenvalue weighted by Crippen LogP contribution is 2.29. The summed E-state index contributed by atoms with van der Waals surface area (Å²) in [7, 11) is 0. The molecule has 0 saturated carbocycles. The van der Waals surface area contributed by atoms with E-state index in [0.717, 1.165) is 45.3 Å². The molecule has 3 atom stereocenters. The third-order valence-electron chi connectivity index (χ3n) is 4.12. The second kappa shape index (κ2) is 5.57. The Morgan fingerprint density at radius 2 is 2.28 bits per heavy atom. The molecule has 4 nitrogen and oxygen atoms in total. The molecule has 2 aliphatic rings. The van der Waals surface area contributed by atoms with E-state index in [4.69, 9.17) is 4.74 Å². The summed E-state index contributed by atoms with van der Waals surface area (Å²) < 4.78 is 5.82. The molecule has 0 radical (unpaired) electrons. The molecule has 0 bridgehead atoms. The zero-order chi connectivity index (χ0) is 13.2. The molecular weight excluding hydrogens is 228 g/mol. The molecular formula is C14H26N2O2. The summed E-state index contributed by atoms with van der Waals surface area (Å²) in [5.74, 6) is 0.264. The van der Waals surface area contributed by atoms with Gasteiger partial charge in [0.15, 0.2) is 0 Å². The SMILES string of the molecule is CCCC1NC(CC)N(CC2(C)CCCO2)C1=O. The Hall–Kier alpha value is -0.610. The van der Waals surface area contributed by atoms with Crippen LogP contribution >= 0.6 is 0 Å². The molecule has 0 aromatic heterocycles. The van der Waals surface area contributed by atoms with E-state index in [1.165, 1.54) is 0 Å². The zero-order valence-corrected chi connectivity index (χ0v) is 11.9. The van der Waals surface area contributed by atoms with Crippen LogP contribution in [-0.4, -0.2) is 41.8 Å². The van der Waals surface area contributed by atoms with E-state index < -0.39 is 0 Å². The van der Waals surface area contributed by atoms with Gasteiger partial charge >= 0.3 is 0 Å². The Balaban J connectivity index is 2.03. The molecule has 0 aromatic carbocycles. The predicted molar refractivity (Wildman–Crippen MR) is 71.2 cm³/mol. The van der Waals surface area contributed by atoms with E-state index in [1.54, 1.807) is 0 Å². The maximum atomic E-state index is 12.4. The van der Waals surface area contributed by atoms with Gasteiger partial charge in [-0.1, -0.05) is 20.3 Å². The third kappa shape index (κ3) is 2.69. The summed E-state index contributed by atoms with van der Waals surface area (Å²) in [5, 5.41) is 3.45. The van der Waals surface area contributed by atoms with Crippen LogP contribution < -0.4 is 5.32 Å². The van der Waals surface area contributed by atoms with Gasteiger partial charge in [0.05, 0.1) is 24.4 Å². The Morgan fingerprint density at radius 1 is 1.50 bits per heavy atom. The topological polar surface area (TPSA) is 41.6 Å². The van der Waals surface area contributed by atoms with Crippen LogP contribution in [0.15, 0.2) is 0 Å². The smallest absolute Gasteiger partial charge is 0.241 e. The Morgan fingerprint density at radius 3 is 2.83 bits per heavy atom. The lowest BCUT2D eigenvalue weighted by Crippen LogP contribution is -2.46. The molecule has 104 valence electrons. The number of ether oxygens (including phenoxy) is 1. The molecule has 2 heterocycles. The Bertz CT molecular complexity index is 300. The first kappa shape index (κ1) is 13.8. The third-order valence-corrected chi connectivity index (χ3v) is 4.12.